The molecule has 0 spiro atoms. The number of hydrogen-bond acceptors (Lipinski definition) is 5. The van der Waals surface area contributed by atoms with Gasteiger partial charge in [-0.15, -0.1) is 0 Å². The van der Waals surface area contributed by atoms with E-state index >= 15 is 0 Å². The lowest BCUT2D eigenvalue weighted by atomic mass is 10.2. The summed E-state index contributed by atoms with van der Waals surface area (Å²) in [5.41, 5.74) is 1.02. The van der Waals surface area contributed by atoms with Crippen LogP contribution in [0.5, 0.6) is 0 Å². The van der Waals surface area contributed by atoms with Gasteiger partial charge in [0.1, 0.15) is 0 Å². The second-order valence-electron chi connectivity index (χ2n) is 5.72. The van der Waals surface area contributed by atoms with Crippen molar-refractivity contribution in [3.8, 4) is 0 Å². The molecule has 0 aliphatic heterocycles. The van der Waals surface area contributed by atoms with E-state index in [-0.39, 0.29) is 4.90 Å². The molecule has 0 radical (unpaired) electrons. The summed E-state index contributed by atoms with van der Waals surface area (Å²) in [5, 5.41) is 2.60. The van der Waals surface area contributed by atoms with Crippen LogP contribution in [0.4, 0.5) is 5.69 Å². The number of hydrogen-bond donors (Lipinski definition) is 1. The highest BCUT2D eigenvalue weighted by molar-refractivity contribution is 7.89. The first-order valence-electron chi connectivity index (χ1n) is 7.93. The second-order valence-corrected chi connectivity index (χ2v) is 7.87. The average Bonchev–Trinajstić information content (AvgIpc) is 2.56. The van der Waals surface area contributed by atoms with Crippen molar-refractivity contribution < 1.29 is 22.7 Å². The molecule has 0 aliphatic rings. The maximum atomic E-state index is 12.2. The van der Waals surface area contributed by atoms with Crippen molar-refractivity contribution in [3.05, 3.63) is 48.1 Å². The molecule has 1 rings (SSSR count). The van der Waals surface area contributed by atoms with E-state index in [1.165, 1.54) is 45.3 Å². The van der Waals surface area contributed by atoms with Gasteiger partial charge in [0.05, 0.1) is 4.90 Å². The third-order valence-corrected chi connectivity index (χ3v) is 5.25. The quantitative estimate of drug-likeness (QED) is 0.445. The molecular formula is C18H24N2O5S. The lowest BCUT2D eigenvalue weighted by Gasteiger charge is -2.16. The molecule has 8 heteroatoms. The number of nitrogens with zero attached hydrogens (tertiary/aromatic N) is 1. The molecule has 1 aromatic rings. The van der Waals surface area contributed by atoms with Crippen molar-refractivity contribution in [1.29, 1.82) is 0 Å². The number of allylic oxidation sites excluding steroid dienone is 3. The fourth-order valence-corrected chi connectivity index (χ4v) is 2.78. The third kappa shape index (κ3) is 5.82. The van der Waals surface area contributed by atoms with Crippen LogP contribution < -0.4 is 5.32 Å². The first-order chi connectivity index (χ1) is 12.1. The van der Waals surface area contributed by atoms with Gasteiger partial charge in [-0.05, 0) is 38.5 Å². The Hall–Kier alpha value is -2.45. The predicted molar refractivity (Wildman–Crippen MR) is 100 cm³/mol. The Balaban J connectivity index is 2.91. The van der Waals surface area contributed by atoms with Gasteiger partial charge in [0.2, 0.25) is 10.0 Å². The van der Waals surface area contributed by atoms with Crippen molar-refractivity contribution in [3.63, 3.8) is 0 Å². The molecule has 1 N–H and O–H groups in total. The molecule has 1 aromatic carbocycles. The smallest absolute Gasteiger partial charge is 0.331 e. The third-order valence-electron chi connectivity index (χ3n) is 3.44. The highest BCUT2D eigenvalue weighted by atomic mass is 32.2. The molecule has 142 valence electrons. The van der Waals surface area contributed by atoms with Crippen LogP contribution >= 0.6 is 0 Å². The first-order valence-corrected chi connectivity index (χ1v) is 9.37. The standard InChI is InChI=1S/C18H24N2O5S/c1-6-7-8-9-17(21)25-14(3)18(22)19-16-12-15(11-10-13(16)2)26(23,24)20(4)5/h6-12,14H,1-5H3,(H,19,22)/b7-6+,9-8+. The molecule has 1 unspecified atom stereocenters. The number of nitrogens with one attached hydrogen (secondary N) is 1. The summed E-state index contributed by atoms with van der Waals surface area (Å²) in [4.78, 5) is 23.9. The Morgan fingerprint density at radius 1 is 1.23 bits per heavy atom. The van der Waals surface area contributed by atoms with Crippen LogP contribution in [0.2, 0.25) is 0 Å². The van der Waals surface area contributed by atoms with E-state index in [2.05, 4.69) is 5.32 Å². The van der Waals surface area contributed by atoms with E-state index < -0.39 is 28.0 Å². The number of benzene rings is 1. The Bertz CT molecular complexity index is 826. The molecule has 0 saturated carbocycles. The Labute approximate surface area is 154 Å². The molecular weight excluding hydrogens is 356 g/mol. The van der Waals surface area contributed by atoms with E-state index in [0.29, 0.717) is 11.3 Å². The largest absolute Gasteiger partial charge is 0.449 e. The second kappa shape index (κ2) is 9.30. The zero-order valence-electron chi connectivity index (χ0n) is 15.5. The summed E-state index contributed by atoms with van der Waals surface area (Å²) < 4.78 is 30.5. The van der Waals surface area contributed by atoms with Crippen molar-refractivity contribution in [2.24, 2.45) is 0 Å². The van der Waals surface area contributed by atoms with Crippen LogP contribution in [-0.2, 0) is 24.3 Å². The molecule has 1 amide bonds. The zero-order valence-corrected chi connectivity index (χ0v) is 16.3. The Morgan fingerprint density at radius 3 is 2.46 bits per heavy atom. The minimum Gasteiger partial charge on any atom is -0.449 e. The number of aryl methyl sites for hydroxylation is 1. The van der Waals surface area contributed by atoms with Crippen LogP contribution in [-0.4, -0.2) is 44.8 Å². The summed E-state index contributed by atoms with van der Waals surface area (Å²) in [6.07, 6.45) is 5.08. The SMILES string of the molecule is C/C=C/C=C/C(=O)OC(C)C(=O)Nc1cc(S(=O)(=O)N(C)C)ccc1C. The monoisotopic (exact) mass is 380 g/mol. The van der Waals surface area contributed by atoms with Crippen LogP contribution in [0.1, 0.15) is 19.4 Å². The summed E-state index contributed by atoms with van der Waals surface area (Å²) >= 11 is 0. The van der Waals surface area contributed by atoms with Gasteiger partial charge in [0, 0.05) is 25.9 Å². The number of carbonyl (C=O) groups excluding carboxylic acids is 2. The van der Waals surface area contributed by atoms with Gasteiger partial charge in [-0.1, -0.05) is 24.3 Å². The van der Waals surface area contributed by atoms with Gasteiger partial charge in [0.25, 0.3) is 5.91 Å². The molecule has 0 bridgehead atoms. The average molecular weight is 380 g/mol. The molecule has 0 heterocycles. The number of esters is 1. The van der Waals surface area contributed by atoms with E-state index in [0.717, 1.165) is 4.31 Å². The summed E-state index contributed by atoms with van der Waals surface area (Å²) in [6.45, 7) is 4.98. The van der Waals surface area contributed by atoms with Crippen LogP contribution in [0.15, 0.2) is 47.4 Å². The molecule has 0 fully saturated rings. The van der Waals surface area contributed by atoms with Gasteiger partial charge < -0.3 is 10.1 Å². The maximum Gasteiger partial charge on any atom is 0.331 e. The van der Waals surface area contributed by atoms with Crippen LogP contribution in [0.25, 0.3) is 0 Å². The highest BCUT2D eigenvalue weighted by Crippen LogP contribution is 2.22. The van der Waals surface area contributed by atoms with Crippen LogP contribution in [0.3, 0.4) is 0 Å². The highest BCUT2D eigenvalue weighted by Gasteiger charge is 2.21. The summed E-state index contributed by atoms with van der Waals surface area (Å²) in [6, 6.07) is 4.45. The summed E-state index contributed by atoms with van der Waals surface area (Å²) in [5.74, 6) is -1.20. The molecule has 0 aliphatic carbocycles. The number of rotatable bonds is 7. The van der Waals surface area contributed by atoms with Crippen LogP contribution in [0, 0.1) is 6.92 Å². The summed E-state index contributed by atoms with van der Waals surface area (Å²) in [7, 11) is -0.769. The lowest BCUT2D eigenvalue weighted by Crippen LogP contribution is -2.30. The Morgan fingerprint density at radius 2 is 1.88 bits per heavy atom. The van der Waals surface area contributed by atoms with E-state index in [1.807, 2.05) is 0 Å². The van der Waals surface area contributed by atoms with E-state index in [4.69, 9.17) is 4.74 Å². The van der Waals surface area contributed by atoms with E-state index in [1.54, 1.807) is 32.1 Å². The molecule has 26 heavy (non-hydrogen) atoms. The van der Waals surface area contributed by atoms with E-state index in [9.17, 15) is 18.0 Å². The fraction of sp³-hybridized carbons (Fsp3) is 0.333. The molecule has 0 saturated heterocycles. The minimum absolute atomic E-state index is 0.0577. The van der Waals surface area contributed by atoms with Gasteiger partial charge in [0.15, 0.2) is 6.10 Å². The molecule has 1 atom stereocenters. The van der Waals surface area contributed by atoms with Gasteiger partial charge in [-0.25, -0.2) is 17.5 Å². The minimum atomic E-state index is -3.62. The van der Waals surface area contributed by atoms with Crippen molar-refractivity contribution in [1.82, 2.24) is 4.31 Å². The number of ether oxygens (including phenoxy) is 1. The first kappa shape index (κ1) is 21.6. The van der Waals surface area contributed by atoms with Gasteiger partial charge >= 0.3 is 5.97 Å². The normalized spacial score (nSPS) is 13.3. The van der Waals surface area contributed by atoms with Gasteiger partial charge in [-0.3, -0.25) is 4.79 Å². The number of carbonyl (C=O) groups is 2. The van der Waals surface area contributed by atoms with Crippen molar-refractivity contribution in [2.75, 3.05) is 19.4 Å². The number of sulfonamides is 1. The predicted octanol–water partition coefficient (Wildman–Crippen LogP) is 2.25. The molecule has 0 aromatic heterocycles. The van der Waals surface area contributed by atoms with Crippen molar-refractivity contribution >= 4 is 27.6 Å². The van der Waals surface area contributed by atoms with Gasteiger partial charge in [-0.2, -0.15) is 0 Å². The lowest BCUT2D eigenvalue weighted by molar-refractivity contribution is -0.148. The van der Waals surface area contributed by atoms with Crippen molar-refractivity contribution in [2.45, 2.75) is 31.8 Å². The Kier molecular flexibility index (Phi) is 7.73. The number of amides is 1. The maximum absolute atomic E-state index is 12.2. The fourth-order valence-electron chi connectivity index (χ4n) is 1.85. The zero-order chi connectivity index (χ0) is 19.9. The topological polar surface area (TPSA) is 92.8 Å². The molecule has 7 nitrogen and oxygen atoms in total. The number of anilines is 1.